The second kappa shape index (κ2) is 5.24. The zero-order valence-corrected chi connectivity index (χ0v) is 8.63. The van der Waals surface area contributed by atoms with E-state index < -0.39 is 11.1 Å². The minimum absolute atomic E-state index is 0.285. The maximum absolute atomic E-state index is 10.2. The molecule has 76 valence electrons. The summed E-state index contributed by atoms with van der Waals surface area (Å²) < 4.78 is 20.4. The van der Waals surface area contributed by atoms with Gasteiger partial charge in [-0.05, 0) is 12.8 Å². The van der Waals surface area contributed by atoms with Crippen molar-refractivity contribution in [1.82, 2.24) is 9.80 Å². The first-order valence-electron chi connectivity index (χ1n) is 4.37. The van der Waals surface area contributed by atoms with Gasteiger partial charge in [0.1, 0.15) is 0 Å². The molecule has 0 spiro atoms. The molecule has 1 atom stereocenters. The number of nitrogens with zero attached hydrogens (tertiary/aromatic N) is 2. The SMILES string of the molecule is CN1C=CN(CCCCS(=O)[O-])C1. The summed E-state index contributed by atoms with van der Waals surface area (Å²) in [6, 6.07) is 0. The molecule has 4 nitrogen and oxygen atoms in total. The lowest BCUT2D eigenvalue weighted by Gasteiger charge is -2.17. The van der Waals surface area contributed by atoms with Crippen LogP contribution >= 0.6 is 0 Å². The molecule has 1 rings (SSSR count). The molecule has 0 aromatic rings. The van der Waals surface area contributed by atoms with Gasteiger partial charge in [-0.1, -0.05) is 11.1 Å². The topological polar surface area (TPSA) is 46.6 Å². The van der Waals surface area contributed by atoms with Gasteiger partial charge in [0.15, 0.2) is 0 Å². The Morgan fingerprint density at radius 3 is 2.77 bits per heavy atom. The summed E-state index contributed by atoms with van der Waals surface area (Å²) >= 11 is -1.87. The van der Waals surface area contributed by atoms with Crippen LogP contribution in [-0.4, -0.2) is 44.6 Å². The first-order chi connectivity index (χ1) is 6.18. The second-order valence-corrected chi connectivity index (χ2v) is 4.24. The van der Waals surface area contributed by atoms with Crippen LogP contribution in [0, 0.1) is 0 Å². The van der Waals surface area contributed by atoms with Crippen molar-refractivity contribution in [2.45, 2.75) is 12.8 Å². The largest absolute Gasteiger partial charge is 0.772 e. The minimum atomic E-state index is -1.87. The van der Waals surface area contributed by atoms with Gasteiger partial charge < -0.3 is 14.4 Å². The van der Waals surface area contributed by atoms with Crippen LogP contribution in [0.25, 0.3) is 0 Å². The molecule has 0 saturated heterocycles. The summed E-state index contributed by atoms with van der Waals surface area (Å²) in [4.78, 5) is 4.26. The van der Waals surface area contributed by atoms with E-state index in [2.05, 4.69) is 9.80 Å². The number of hydrogen-bond acceptors (Lipinski definition) is 4. The maximum Gasteiger partial charge on any atom is 0.0890 e. The first-order valence-corrected chi connectivity index (χ1v) is 5.61. The molecule has 0 aromatic carbocycles. The van der Waals surface area contributed by atoms with Crippen LogP contribution in [0.15, 0.2) is 12.4 Å². The number of unbranched alkanes of at least 4 members (excludes halogenated alkanes) is 1. The molecule has 0 bridgehead atoms. The van der Waals surface area contributed by atoms with E-state index in [4.69, 9.17) is 0 Å². The Kier molecular flexibility index (Phi) is 4.24. The third kappa shape index (κ3) is 4.28. The molecular formula is C8H15N2O2S-. The fourth-order valence-corrected chi connectivity index (χ4v) is 1.71. The second-order valence-electron chi connectivity index (χ2n) is 3.22. The zero-order valence-electron chi connectivity index (χ0n) is 7.81. The summed E-state index contributed by atoms with van der Waals surface area (Å²) in [5.41, 5.74) is 0. The van der Waals surface area contributed by atoms with Crippen molar-refractivity contribution < 1.29 is 8.76 Å². The highest BCUT2D eigenvalue weighted by Crippen LogP contribution is 2.05. The maximum atomic E-state index is 10.2. The van der Waals surface area contributed by atoms with Crippen molar-refractivity contribution in [3.8, 4) is 0 Å². The fraction of sp³-hybridized carbons (Fsp3) is 0.750. The normalized spacial score (nSPS) is 18.3. The molecule has 0 saturated carbocycles. The van der Waals surface area contributed by atoms with E-state index in [1.54, 1.807) is 0 Å². The van der Waals surface area contributed by atoms with Crippen LogP contribution in [0.1, 0.15) is 12.8 Å². The third-order valence-electron chi connectivity index (χ3n) is 1.94. The number of rotatable bonds is 5. The molecule has 13 heavy (non-hydrogen) atoms. The minimum Gasteiger partial charge on any atom is -0.772 e. The molecular weight excluding hydrogens is 188 g/mol. The summed E-state index contributed by atoms with van der Waals surface area (Å²) in [7, 11) is 2.02. The van der Waals surface area contributed by atoms with Gasteiger partial charge in [-0.2, -0.15) is 0 Å². The fourth-order valence-electron chi connectivity index (χ4n) is 1.27. The van der Waals surface area contributed by atoms with E-state index >= 15 is 0 Å². The Labute approximate surface area is 81.5 Å². The summed E-state index contributed by atoms with van der Waals surface area (Å²) in [5, 5.41) is 0. The van der Waals surface area contributed by atoms with E-state index in [9.17, 15) is 8.76 Å². The standard InChI is InChI=1S/C8H16N2O2S/c1-9-5-6-10(8-9)4-2-3-7-13(11)12/h5-6H,2-4,7-8H2,1H3,(H,11,12)/p-1. The van der Waals surface area contributed by atoms with Crippen LogP contribution in [-0.2, 0) is 11.1 Å². The average Bonchev–Trinajstić information content (AvgIpc) is 2.45. The van der Waals surface area contributed by atoms with Gasteiger partial charge in [-0.3, -0.25) is 4.21 Å². The van der Waals surface area contributed by atoms with Gasteiger partial charge in [-0.25, -0.2) is 0 Å². The Morgan fingerprint density at radius 2 is 2.23 bits per heavy atom. The molecule has 1 unspecified atom stereocenters. The van der Waals surface area contributed by atoms with Gasteiger partial charge in [-0.15, -0.1) is 0 Å². The lowest BCUT2D eigenvalue weighted by molar-refractivity contribution is 0.293. The predicted molar refractivity (Wildman–Crippen MR) is 51.5 cm³/mol. The quantitative estimate of drug-likeness (QED) is 0.477. The lowest BCUT2D eigenvalue weighted by atomic mass is 10.3. The Hall–Kier alpha value is -0.550. The van der Waals surface area contributed by atoms with E-state index in [-0.39, 0.29) is 5.75 Å². The third-order valence-corrected chi connectivity index (χ3v) is 2.57. The predicted octanol–water partition coefficient (Wildman–Crippen LogP) is 0.322. The van der Waals surface area contributed by atoms with Crippen molar-refractivity contribution in [2.24, 2.45) is 0 Å². The van der Waals surface area contributed by atoms with Crippen LogP contribution in [0.5, 0.6) is 0 Å². The van der Waals surface area contributed by atoms with Crippen molar-refractivity contribution in [1.29, 1.82) is 0 Å². The smallest absolute Gasteiger partial charge is 0.0890 e. The Morgan fingerprint density at radius 1 is 1.46 bits per heavy atom. The average molecular weight is 203 g/mol. The van der Waals surface area contributed by atoms with Gasteiger partial charge >= 0.3 is 0 Å². The van der Waals surface area contributed by atoms with Crippen molar-refractivity contribution in [3.63, 3.8) is 0 Å². The van der Waals surface area contributed by atoms with Gasteiger partial charge in [0.25, 0.3) is 0 Å². The summed E-state index contributed by atoms with van der Waals surface area (Å²) in [6.45, 7) is 1.86. The highest BCUT2D eigenvalue weighted by molar-refractivity contribution is 7.79. The van der Waals surface area contributed by atoms with Crippen molar-refractivity contribution >= 4 is 11.1 Å². The number of hydrogen-bond donors (Lipinski definition) is 0. The van der Waals surface area contributed by atoms with Gasteiger partial charge in [0.2, 0.25) is 0 Å². The molecule has 0 aromatic heterocycles. The van der Waals surface area contributed by atoms with Gasteiger partial charge in [0, 0.05) is 31.7 Å². The van der Waals surface area contributed by atoms with E-state index in [0.717, 1.165) is 26.1 Å². The van der Waals surface area contributed by atoms with E-state index in [0.29, 0.717) is 0 Å². The molecule has 1 aliphatic heterocycles. The lowest BCUT2D eigenvalue weighted by Crippen LogP contribution is -2.23. The molecule has 5 heteroatoms. The summed E-state index contributed by atoms with van der Waals surface area (Å²) in [6.07, 6.45) is 5.75. The van der Waals surface area contributed by atoms with E-state index in [1.165, 1.54) is 0 Å². The van der Waals surface area contributed by atoms with Gasteiger partial charge in [0.05, 0.1) is 6.67 Å². The van der Waals surface area contributed by atoms with Crippen LogP contribution in [0.3, 0.4) is 0 Å². The highest BCUT2D eigenvalue weighted by atomic mass is 32.2. The first kappa shape index (κ1) is 10.5. The molecule has 0 radical (unpaired) electrons. The Balaban J connectivity index is 2.01. The van der Waals surface area contributed by atoms with Crippen molar-refractivity contribution in [3.05, 3.63) is 12.4 Å². The molecule has 0 amide bonds. The van der Waals surface area contributed by atoms with Crippen LogP contribution in [0.4, 0.5) is 0 Å². The Bertz CT molecular complexity index is 208. The molecule has 1 aliphatic rings. The molecule has 0 fully saturated rings. The zero-order chi connectivity index (χ0) is 9.68. The molecule has 1 heterocycles. The highest BCUT2D eigenvalue weighted by Gasteiger charge is 2.06. The molecule has 0 aliphatic carbocycles. The van der Waals surface area contributed by atoms with Crippen LogP contribution in [0.2, 0.25) is 0 Å². The van der Waals surface area contributed by atoms with Crippen molar-refractivity contribution in [2.75, 3.05) is 26.0 Å². The van der Waals surface area contributed by atoms with Crippen LogP contribution < -0.4 is 0 Å². The molecule has 0 N–H and O–H groups in total. The monoisotopic (exact) mass is 203 g/mol. The van der Waals surface area contributed by atoms with E-state index in [1.807, 2.05) is 19.4 Å². The summed E-state index contributed by atoms with van der Waals surface area (Å²) in [5.74, 6) is 0.285.